The Hall–Kier alpha value is -1.62. The first kappa shape index (κ1) is 13.8. The van der Waals surface area contributed by atoms with E-state index in [2.05, 4.69) is 58.6 Å². The lowest BCUT2D eigenvalue weighted by molar-refractivity contribution is 0.739. The van der Waals surface area contributed by atoms with Gasteiger partial charge in [0.05, 0.1) is 18.4 Å². The van der Waals surface area contributed by atoms with Gasteiger partial charge in [-0.2, -0.15) is 0 Å². The molecule has 102 valence electrons. The van der Waals surface area contributed by atoms with Gasteiger partial charge < -0.3 is 10.2 Å². The molecule has 0 aliphatic carbocycles. The molecule has 2 heterocycles. The van der Waals surface area contributed by atoms with Crippen LogP contribution in [0.1, 0.15) is 31.2 Å². The van der Waals surface area contributed by atoms with Crippen LogP contribution in [0.4, 0.5) is 11.6 Å². The summed E-state index contributed by atoms with van der Waals surface area (Å²) < 4.78 is 0. The zero-order valence-corrected chi connectivity index (χ0v) is 12.4. The van der Waals surface area contributed by atoms with Crippen LogP contribution in [0.5, 0.6) is 0 Å². The van der Waals surface area contributed by atoms with Crippen LogP contribution in [0.15, 0.2) is 29.9 Å². The van der Waals surface area contributed by atoms with E-state index in [0.717, 1.165) is 24.6 Å². The summed E-state index contributed by atoms with van der Waals surface area (Å²) in [6.07, 6.45) is 4.65. The Labute approximate surface area is 118 Å². The second-order valence-electron chi connectivity index (χ2n) is 4.49. The molecule has 19 heavy (non-hydrogen) atoms. The lowest BCUT2D eigenvalue weighted by Gasteiger charge is -2.25. The van der Waals surface area contributed by atoms with Crippen molar-refractivity contribution in [2.24, 2.45) is 0 Å². The number of rotatable bonds is 6. The molecule has 0 amide bonds. The van der Waals surface area contributed by atoms with Gasteiger partial charge in [0, 0.05) is 18.5 Å². The molecule has 0 aromatic carbocycles. The van der Waals surface area contributed by atoms with Crippen molar-refractivity contribution in [1.29, 1.82) is 0 Å². The Morgan fingerprint density at radius 2 is 2.26 bits per heavy atom. The molecule has 2 aromatic heterocycles. The number of nitrogens with zero attached hydrogens (tertiary/aromatic N) is 3. The van der Waals surface area contributed by atoms with Gasteiger partial charge in [-0.25, -0.2) is 4.98 Å². The van der Waals surface area contributed by atoms with E-state index in [1.807, 2.05) is 0 Å². The average molecular weight is 276 g/mol. The van der Waals surface area contributed by atoms with Crippen molar-refractivity contribution < 1.29 is 0 Å². The Bertz CT molecular complexity index is 498. The number of hydrogen-bond acceptors (Lipinski definition) is 5. The molecule has 1 N–H and O–H groups in total. The second-order valence-corrected chi connectivity index (χ2v) is 5.47. The number of anilines is 2. The summed E-state index contributed by atoms with van der Waals surface area (Å²) in [6.45, 7) is 5.23. The van der Waals surface area contributed by atoms with Gasteiger partial charge in [-0.1, -0.05) is 13.0 Å². The SMILES string of the molecule is CCCNc1cncc(N(C)C(C)c2cccs2)n1. The maximum absolute atomic E-state index is 4.60. The summed E-state index contributed by atoms with van der Waals surface area (Å²) in [5, 5.41) is 5.37. The molecule has 1 atom stereocenters. The van der Waals surface area contributed by atoms with Crippen LogP contribution in [-0.2, 0) is 0 Å². The Balaban J connectivity index is 2.12. The molecular weight excluding hydrogens is 256 g/mol. The number of hydrogen-bond donors (Lipinski definition) is 1. The summed E-state index contributed by atoms with van der Waals surface area (Å²) in [4.78, 5) is 12.3. The van der Waals surface area contributed by atoms with Gasteiger partial charge in [-0.3, -0.25) is 4.98 Å². The van der Waals surface area contributed by atoms with Gasteiger partial charge in [0.25, 0.3) is 0 Å². The zero-order valence-electron chi connectivity index (χ0n) is 11.6. The second kappa shape index (κ2) is 6.52. The van der Waals surface area contributed by atoms with Gasteiger partial charge in [0.1, 0.15) is 11.6 Å². The predicted octanol–water partition coefficient (Wildman–Crippen LogP) is 3.56. The monoisotopic (exact) mass is 276 g/mol. The van der Waals surface area contributed by atoms with E-state index in [9.17, 15) is 0 Å². The van der Waals surface area contributed by atoms with E-state index in [4.69, 9.17) is 0 Å². The summed E-state index contributed by atoms with van der Waals surface area (Å²) in [6, 6.07) is 4.53. The molecule has 0 saturated heterocycles. The highest BCUT2D eigenvalue weighted by Crippen LogP contribution is 2.27. The largest absolute Gasteiger partial charge is 0.369 e. The van der Waals surface area contributed by atoms with E-state index in [1.165, 1.54) is 4.88 Å². The van der Waals surface area contributed by atoms with Crippen LogP contribution in [0.2, 0.25) is 0 Å². The maximum atomic E-state index is 4.60. The Kier molecular flexibility index (Phi) is 4.74. The number of aromatic nitrogens is 2. The first-order valence-corrected chi connectivity index (χ1v) is 7.42. The van der Waals surface area contributed by atoms with Gasteiger partial charge in [0.2, 0.25) is 0 Å². The van der Waals surface area contributed by atoms with E-state index < -0.39 is 0 Å². The van der Waals surface area contributed by atoms with Crippen molar-refractivity contribution in [1.82, 2.24) is 9.97 Å². The van der Waals surface area contributed by atoms with Crippen molar-refractivity contribution >= 4 is 23.0 Å². The third kappa shape index (κ3) is 3.44. The topological polar surface area (TPSA) is 41.1 Å². The molecule has 0 aliphatic rings. The minimum atomic E-state index is 0.302. The summed E-state index contributed by atoms with van der Waals surface area (Å²) >= 11 is 1.77. The van der Waals surface area contributed by atoms with Crippen molar-refractivity contribution in [3.63, 3.8) is 0 Å². The first-order chi connectivity index (χ1) is 9.22. The third-order valence-electron chi connectivity index (χ3n) is 3.08. The van der Waals surface area contributed by atoms with E-state index in [-0.39, 0.29) is 0 Å². The first-order valence-electron chi connectivity index (χ1n) is 6.54. The van der Waals surface area contributed by atoms with Crippen LogP contribution in [0.25, 0.3) is 0 Å². The molecule has 2 aromatic rings. The van der Waals surface area contributed by atoms with E-state index in [0.29, 0.717) is 6.04 Å². The molecule has 0 spiro atoms. The molecule has 0 fully saturated rings. The van der Waals surface area contributed by atoms with Crippen molar-refractivity contribution in [2.45, 2.75) is 26.3 Å². The summed E-state index contributed by atoms with van der Waals surface area (Å²) in [5.74, 6) is 1.73. The normalized spacial score (nSPS) is 12.2. The standard InChI is InChI=1S/C14H20N4S/c1-4-7-16-13-9-15-10-14(17-13)18(3)11(2)12-6-5-8-19-12/h5-6,8-11H,4,7H2,1-3H3,(H,16,17). The molecule has 2 rings (SSSR count). The van der Waals surface area contributed by atoms with Gasteiger partial charge in [-0.15, -0.1) is 11.3 Å². The highest BCUT2D eigenvalue weighted by Gasteiger charge is 2.14. The van der Waals surface area contributed by atoms with Gasteiger partial charge >= 0.3 is 0 Å². The Morgan fingerprint density at radius 3 is 2.95 bits per heavy atom. The molecular formula is C14H20N4S. The van der Waals surface area contributed by atoms with Crippen LogP contribution in [0, 0.1) is 0 Å². The molecule has 0 radical (unpaired) electrons. The third-order valence-corrected chi connectivity index (χ3v) is 4.12. The van der Waals surface area contributed by atoms with Crippen LogP contribution in [0.3, 0.4) is 0 Å². The molecule has 1 unspecified atom stereocenters. The van der Waals surface area contributed by atoms with Crippen molar-refractivity contribution in [2.75, 3.05) is 23.8 Å². The lowest BCUT2D eigenvalue weighted by Crippen LogP contribution is -2.22. The molecule has 0 saturated carbocycles. The number of thiophene rings is 1. The van der Waals surface area contributed by atoms with Crippen molar-refractivity contribution in [3.05, 3.63) is 34.8 Å². The van der Waals surface area contributed by atoms with Crippen LogP contribution >= 0.6 is 11.3 Å². The highest BCUT2D eigenvalue weighted by molar-refractivity contribution is 7.10. The zero-order chi connectivity index (χ0) is 13.7. The van der Waals surface area contributed by atoms with E-state index in [1.54, 1.807) is 23.7 Å². The predicted molar refractivity (Wildman–Crippen MR) is 81.9 cm³/mol. The van der Waals surface area contributed by atoms with Crippen LogP contribution < -0.4 is 10.2 Å². The maximum Gasteiger partial charge on any atom is 0.149 e. The van der Waals surface area contributed by atoms with Crippen LogP contribution in [-0.4, -0.2) is 23.6 Å². The molecule has 0 bridgehead atoms. The van der Waals surface area contributed by atoms with Crippen molar-refractivity contribution in [3.8, 4) is 0 Å². The van der Waals surface area contributed by atoms with Gasteiger partial charge in [-0.05, 0) is 24.8 Å². The average Bonchev–Trinajstić information content (AvgIpc) is 2.98. The molecule has 0 aliphatic heterocycles. The fraction of sp³-hybridized carbons (Fsp3) is 0.429. The fourth-order valence-corrected chi connectivity index (χ4v) is 2.61. The number of nitrogens with one attached hydrogen (secondary N) is 1. The smallest absolute Gasteiger partial charge is 0.149 e. The lowest BCUT2D eigenvalue weighted by atomic mass is 10.2. The quantitative estimate of drug-likeness (QED) is 0.876. The van der Waals surface area contributed by atoms with E-state index >= 15 is 0 Å². The minimum Gasteiger partial charge on any atom is -0.369 e. The van der Waals surface area contributed by atoms with Gasteiger partial charge in [0.15, 0.2) is 0 Å². The summed E-state index contributed by atoms with van der Waals surface area (Å²) in [7, 11) is 2.05. The minimum absolute atomic E-state index is 0.302. The summed E-state index contributed by atoms with van der Waals surface area (Å²) in [5.41, 5.74) is 0. The Morgan fingerprint density at radius 1 is 1.42 bits per heavy atom. The molecule has 5 heteroatoms. The highest BCUT2D eigenvalue weighted by atomic mass is 32.1. The fourth-order valence-electron chi connectivity index (χ4n) is 1.78. The molecule has 4 nitrogen and oxygen atoms in total.